The van der Waals surface area contributed by atoms with Gasteiger partial charge in [0.25, 0.3) is 0 Å². The number of thioether (sulfide) groups is 1. The van der Waals surface area contributed by atoms with Crippen LogP contribution < -0.4 is 5.32 Å². The molecule has 1 N–H and O–H groups in total. The first-order valence-corrected chi connectivity index (χ1v) is 7.86. The van der Waals surface area contributed by atoms with Crippen LogP contribution >= 0.6 is 11.8 Å². The summed E-state index contributed by atoms with van der Waals surface area (Å²) in [6.07, 6.45) is 5.64. The number of nitrogens with one attached hydrogen (secondary N) is 1. The number of benzene rings is 1. The van der Waals surface area contributed by atoms with Crippen LogP contribution in [0.5, 0.6) is 0 Å². The third-order valence-corrected chi connectivity index (χ3v) is 4.62. The third-order valence-electron chi connectivity index (χ3n) is 3.52. The third kappa shape index (κ3) is 4.20. The molecule has 0 unspecified atom stereocenters. The predicted molar refractivity (Wildman–Crippen MR) is 76.7 cm³/mol. The molecule has 1 aliphatic carbocycles. The molecule has 0 aromatic heterocycles. The fraction of sp³-hybridized carbons (Fsp3) is 0.533. The van der Waals surface area contributed by atoms with Crippen molar-refractivity contribution in [3.05, 3.63) is 29.8 Å². The minimum absolute atomic E-state index is 0.0355. The van der Waals surface area contributed by atoms with Gasteiger partial charge in [-0.1, -0.05) is 19.3 Å². The Morgan fingerprint density at radius 1 is 1.25 bits per heavy atom. The molecule has 2 rings (SSSR count). The average molecular weight is 299 g/mol. The van der Waals surface area contributed by atoms with Crippen LogP contribution in [0.1, 0.15) is 39.0 Å². The van der Waals surface area contributed by atoms with Crippen LogP contribution in [0.2, 0.25) is 0 Å². The minimum Gasteiger partial charge on any atom is -0.352 e. The van der Waals surface area contributed by atoms with Crippen LogP contribution in [0.4, 0.5) is 8.78 Å². The summed E-state index contributed by atoms with van der Waals surface area (Å²) in [4.78, 5) is 12.6. The Balaban J connectivity index is 1.88. The normalized spacial score (nSPS) is 17.8. The van der Waals surface area contributed by atoms with Crippen LogP contribution in [0.25, 0.3) is 0 Å². The number of rotatable bonds is 4. The van der Waals surface area contributed by atoms with Crippen LogP contribution in [-0.2, 0) is 4.79 Å². The van der Waals surface area contributed by atoms with Crippen molar-refractivity contribution in [3.63, 3.8) is 0 Å². The molecule has 0 aliphatic heterocycles. The smallest absolute Gasteiger partial charge is 0.233 e. The molecule has 1 aromatic carbocycles. The summed E-state index contributed by atoms with van der Waals surface area (Å²) in [6, 6.07) is 3.98. The van der Waals surface area contributed by atoms with Gasteiger partial charge in [-0.25, -0.2) is 8.78 Å². The second kappa shape index (κ2) is 7.07. The lowest BCUT2D eigenvalue weighted by Crippen LogP contribution is -2.40. The maximum atomic E-state index is 13.1. The average Bonchev–Trinajstić information content (AvgIpc) is 2.44. The highest BCUT2D eigenvalue weighted by Gasteiger charge is 2.20. The molecule has 1 amide bonds. The topological polar surface area (TPSA) is 29.1 Å². The van der Waals surface area contributed by atoms with E-state index in [-0.39, 0.29) is 17.2 Å². The van der Waals surface area contributed by atoms with E-state index in [9.17, 15) is 13.6 Å². The fourth-order valence-electron chi connectivity index (χ4n) is 2.37. The van der Waals surface area contributed by atoms with Crippen molar-refractivity contribution < 1.29 is 13.6 Å². The molecule has 0 radical (unpaired) electrons. The summed E-state index contributed by atoms with van der Waals surface area (Å²) < 4.78 is 26.0. The van der Waals surface area contributed by atoms with Crippen molar-refractivity contribution in [1.29, 1.82) is 0 Å². The summed E-state index contributed by atoms with van der Waals surface area (Å²) in [6.45, 7) is 1.78. The summed E-state index contributed by atoms with van der Waals surface area (Å²) in [5.41, 5.74) is 0. The Hall–Kier alpha value is -1.10. The van der Waals surface area contributed by atoms with E-state index < -0.39 is 11.6 Å². The zero-order valence-corrected chi connectivity index (χ0v) is 12.3. The van der Waals surface area contributed by atoms with Crippen molar-refractivity contribution in [1.82, 2.24) is 5.32 Å². The van der Waals surface area contributed by atoms with E-state index in [0.717, 1.165) is 37.8 Å². The van der Waals surface area contributed by atoms with Crippen LogP contribution in [0.3, 0.4) is 0 Å². The highest BCUT2D eigenvalue weighted by atomic mass is 32.2. The van der Waals surface area contributed by atoms with Gasteiger partial charge in [-0.3, -0.25) is 4.79 Å². The van der Waals surface area contributed by atoms with Gasteiger partial charge in [0.1, 0.15) is 0 Å². The van der Waals surface area contributed by atoms with E-state index in [4.69, 9.17) is 0 Å². The molecule has 5 heteroatoms. The zero-order chi connectivity index (χ0) is 14.5. The van der Waals surface area contributed by atoms with Crippen molar-refractivity contribution in [2.75, 3.05) is 0 Å². The van der Waals surface area contributed by atoms with Crippen LogP contribution in [0, 0.1) is 11.6 Å². The molecule has 1 aromatic rings. The van der Waals surface area contributed by atoms with Crippen molar-refractivity contribution in [2.24, 2.45) is 0 Å². The Morgan fingerprint density at radius 2 is 1.95 bits per heavy atom. The lowest BCUT2D eigenvalue weighted by molar-refractivity contribution is -0.121. The molecule has 0 saturated heterocycles. The first kappa shape index (κ1) is 15.3. The largest absolute Gasteiger partial charge is 0.352 e. The summed E-state index contributed by atoms with van der Waals surface area (Å²) >= 11 is 1.24. The SMILES string of the molecule is C[C@@H](Sc1ccc(F)c(F)c1)C(=O)NC1CCCCC1. The van der Waals surface area contributed by atoms with Gasteiger partial charge in [-0.15, -0.1) is 11.8 Å². The van der Waals surface area contributed by atoms with E-state index >= 15 is 0 Å². The maximum Gasteiger partial charge on any atom is 0.233 e. The molecule has 1 aliphatic rings. The lowest BCUT2D eigenvalue weighted by atomic mass is 9.95. The Morgan fingerprint density at radius 3 is 2.60 bits per heavy atom. The van der Waals surface area contributed by atoms with E-state index in [2.05, 4.69) is 5.32 Å². The van der Waals surface area contributed by atoms with E-state index in [1.165, 1.54) is 24.2 Å². The monoisotopic (exact) mass is 299 g/mol. The number of halogens is 2. The molecule has 20 heavy (non-hydrogen) atoms. The number of carbonyl (C=O) groups excluding carboxylic acids is 1. The van der Waals surface area contributed by atoms with Gasteiger partial charge in [-0.05, 0) is 38.0 Å². The zero-order valence-electron chi connectivity index (χ0n) is 11.5. The summed E-state index contributed by atoms with van der Waals surface area (Å²) in [7, 11) is 0. The molecule has 2 nitrogen and oxygen atoms in total. The molecular formula is C15H19F2NOS. The summed E-state index contributed by atoms with van der Waals surface area (Å²) in [5, 5.41) is 2.72. The van der Waals surface area contributed by atoms with Crippen LogP contribution in [-0.4, -0.2) is 17.2 Å². The van der Waals surface area contributed by atoms with Crippen molar-refractivity contribution in [2.45, 2.75) is 55.2 Å². The first-order valence-electron chi connectivity index (χ1n) is 6.98. The van der Waals surface area contributed by atoms with Gasteiger partial charge in [0, 0.05) is 10.9 Å². The maximum absolute atomic E-state index is 13.1. The van der Waals surface area contributed by atoms with E-state index in [0.29, 0.717) is 4.90 Å². The van der Waals surface area contributed by atoms with Crippen LogP contribution in [0.15, 0.2) is 23.1 Å². The second-order valence-electron chi connectivity index (χ2n) is 5.18. The fourth-order valence-corrected chi connectivity index (χ4v) is 3.27. The molecular weight excluding hydrogens is 280 g/mol. The first-order chi connectivity index (χ1) is 9.56. The minimum atomic E-state index is -0.880. The van der Waals surface area contributed by atoms with Gasteiger partial charge in [-0.2, -0.15) is 0 Å². The number of hydrogen-bond donors (Lipinski definition) is 1. The highest BCUT2D eigenvalue weighted by Crippen LogP contribution is 2.25. The van der Waals surface area contributed by atoms with E-state index in [1.807, 2.05) is 0 Å². The van der Waals surface area contributed by atoms with Gasteiger partial charge < -0.3 is 5.32 Å². The standard InChI is InChI=1S/C15H19F2NOS/c1-10(15(19)18-11-5-3-2-4-6-11)20-12-7-8-13(16)14(17)9-12/h7-11H,2-6H2,1H3,(H,18,19)/t10-/m1/s1. The highest BCUT2D eigenvalue weighted by molar-refractivity contribution is 8.00. The molecule has 0 spiro atoms. The second-order valence-corrected chi connectivity index (χ2v) is 6.59. The molecule has 0 bridgehead atoms. The van der Waals surface area contributed by atoms with E-state index in [1.54, 1.807) is 6.92 Å². The summed E-state index contributed by atoms with van der Waals surface area (Å²) in [5.74, 6) is -1.78. The number of amides is 1. The van der Waals surface area contributed by atoms with Gasteiger partial charge in [0.2, 0.25) is 5.91 Å². The van der Waals surface area contributed by atoms with Gasteiger partial charge in [0.15, 0.2) is 11.6 Å². The molecule has 110 valence electrons. The molecule has 1 atom stereocenters. The van der Waals surface area contributed by atoms with Crippen molar-refractivity contribution in [3.8, 4) is 0 Å². The lowest BCUT2D eigenvalue weighted by Gasteiger charge is -2.24. The van der Waals surface area contributed by atoms with Gasteiger partial charge >= 0.3 is 0 Å². The number of hydrogen-bond acceptors (Lipinski definition) is 2. The Labute approximate surface area is 122 Å². The Bertz CT molecular complexity index is 475. The Kier molecular flexibility index (Phi) is 5.40. The molecule has 1 saturated carbocycles. The predicted octanol–water partition coefficient (Wildman–Crippen LogP) is 3.89. The number of carbonyl (C=O) groups is 1. The molecule has 1 fully saturated rings. The molecule has 0 heterocycles. The van der Waals surface area contributed by atoms with Gasteiger partial charge in [0.05, 0.1) is 5.25 Å². The van der Waals surface area contributed by atoms with Crippen molar-refractivity contribution >= 4 is 17.7 Å². The quantitative estimate of drug-likeness (QED) is 0.855.